The fourth-order valence-corrected chi connectivity index (χ4v) is 2.79. The van der Waals surface area contributed by atoms with E-state index in [2.05, 4.69) is 78.0 Å². The van der Waals surface area contributed by atoms with Gasteiger partial charge in [0.1, 0.15) is 0 Å². The summed E-state index contributed by atoms with van der Waals surface area (Å²) in [4.78, 5) is 0. The third kappa shape index (κ3) is 4.55. The molecule has 0 bridgehead atoms. The molecule has 1 N–H and O–H groups in total. The lowest BCUT2D eigenvalue weighted by molar-refractivity contribution is -0.0560. The molecule has 0 amide bonds. The molecule has 2 unspecified atom stereocenters. The highest BCUT2D eigenvalue weighted by molar-refractivity contribution is 5.30. The predicted molar refractivity (Wildman–Crippen MR) is 91.9 cm³/mol. The lowest BCUT2D eigenvalue weighted by atomic mass is 9.83. The van der Waals surface area contributed by atoms with Gasteiger partial charge < -0.3 is 10.1 Å². The molecule has 1 rings (SSSR count). The van der Waals surface area contributed by atoms with E-state index in [4.69, 9.17) is 4.74 Å². The average molecular weight is 291 g/mol. The number of hydrogen-bond donors (Lipinski definition) is 1. The second kappa shape index (κ2) is 7.42. The zero-order chi connectivity index (χ0) is 16.1. The molecule has 0 saturated heterocycles. The van der Waals surface area contributed by atoms with Crippen LogP contribution in [0, 0.1) is 0 Å². The number of likely N-dealkylation sites (N-methyl/N-ethyl adjacent to an activating group) is 1. The molecular weight excluding hydrogens is 258 g/mol. The fourth-order valence-electron chi connectivity index (χ4n) is 2.79. The van der Waals surface area contributed by atoms with Crippen LogP contribution in [0.2, 0.25) is 0 Å². The van der Waals surface area contributed by atoms with E-state index in [1.54, 1.807) is 0 Å². The zero-order valence-corrected chi connectivity index (χ0v) is 14.9. The molecule has 2 nitrogen and oxygen atoms in total. The van der Waals surface area contributed by atoms with Gasteiger partial charge in [-0.25, -0.2) is 0 Å². The van der Waals surface area contributed by atoms with Crippen molar-refractivity contribution in [1.29, 1.82) is 0 Å². The highest BCUT2D eigenvalue weighted by atomic mass is 16.5. The van der Waals surface area contributed by atoms with Crippen molar-refractivity contribution in [3.05, 3.63) is 35.4 Å². The van der Waals surface area contributed by atoms with Gasteiger partial charge in [-0.2, -0.15) is 0 Å². The lowest BCUT2D eigenvalue weighted by Crippen LogP contribution is -2.43. The quantitative estimate of drug-likeness (QED) is 0.776. The van der Waals surface area contributed by atoms with Crippen LogP contribution in [0.3, 0.4) is 0 Å². The van der Waals surface area contributed by atoms with Gasteiger partial charge in [-0.1, -0.05) is 58.9 Å². The first-order valence-electron chi connectivity index (χ1n) is 8.26. The van der Waals surface area contributed by atoms with Crippen LogP contribution in [-0.4, -0.2) is 18.8 Å². The van der Waals surface area contributed by atoms with Crippen molar-refractivity contribution in [2.45, 2.75) is 71.9 Å². The minimum atomic E-state index is -0.173. The van der Waals surface area contributed by atoms with Crippen LogP contribution in [0.25, 0.3) is 0 Å². The van der Waals surface area contributed by atoms with Crippen molar-refractivity contribution in [1.82, 2.24) is 5.32 Å². The molecule has 0 aliphatic rings. The van der Waals surface area contributed by atoms with Gasteiger partial charge in [0.25, 0.3) is 0 Å². The van der Waals surface area contributed by atoms with E-state index < -0.39 is 0 Å². The fraction of sp³-hybridized carbons (Fsp3) is 0.684. The summed E-state index contributed by atoms with van der Waals surface area (Å²) in [6, 6.07) is 9.23. The summed E-state index contributed by atoms with van der Waals surface area (Å²) in [5, 5.41) is 3.61. The zero-order valence-electron chi connectivity index (χ0n) is 14.9. The molecule has 0 saturated carbocycles. The van der Waals surface area contributed by atoms with Gasteiger partial charge in [-0.3, -0.25) is 0 Å². The van der Waals surface area contributed by atoms with E-state index in [1.165, 1.54) is 11.1 Å². The van der Waals surface area contributed by atoms with Gasteiger partial charge >= 0.3 is 0 Å². The Morgan fingerprint density at radius 2 is 1.57 bits per heavy atom. The molecule has 0 fully saturated rings. The van der Waals surface area contributed by atoms with Gasteiger partial charge in [0, 0.05) is 6.61 Å². The van der Waals surface area contributed by atoms with Crippen molar-refractivity contribution in [2.24, 2.45) is 0 Å². The number of hydrogen-bond acceptors (Lipinski definition) is 2. The Balaban J connectivity index is 3.11. The Bertz CT molecular complexity index is 418. The van der Waals surface area contributed by atoms with Crippen LogP contribution in [-0.2, 0) is 10.2 Å². The maximum Gasteiger partial charge on any atom is 0.0845 e. The molecule has 0 aliphatic carbocycles. The summed E-state index contributed by atoms with van der Waals surface area (Å²) in [7, 11) is 0. The topological polar surface area (TPSA) is 21.3 Å². The normalized spacial score (nSPS) is 16.5. The first-order chi connectivity index (χ1) is 9.78. The lowest BCUT2D eigenvalue weighted by Gasteiger charge is -2.38. The molecule has 0 radical (unpaired) electrons. The Hall–Kier alpha value is -0.860. The van der Waals surface area contributed by atoms with Crippen LogP contribution >= 0.6 is 0 Å². The molecule has 1 aromatic rings. The minimum Gasteiger partial charge on any atom is -0.374 e. The summed E-state index contributed by atoms with van der Waals surface area (Å²) < 4.78 is 6.08. The molecule has 0 aliphatic heterocycles. The number of rotatable bonds is 7. The molecule has 2 heteroatoms. The summed E-state index contributed by atoms with van der Waals surface area (Å²) >= 11 is 0. The summed E-state index contributed by atoms with van der Waals surface area (Å²) in [6.45, 7) is 17.1. The number of ether oxygens (including phenoxy) is 1. The van der Waals surface area contributed by atoms with Crippen LogP contribution in [0.1, 0.15) is 72.1 Å². The maximum absolute atomic E-state index is 6.08. The third-order valence-electron chi connectivity index (χ3n) is 4.31. The Labute approximate surface area is 131 Å². The summed E-state index contributed by atoms with van der Waals surface area (Å²) in [5.41, 5.74) is 2.70. The molecular formula is C19H33NO. The SMILES string of the molecule is CCNC(c1ccc(C(C)(C)C)cc1)C(C)(CC)OCC. The first kappa shape index (κ1) is 18.2. The van der Waals surface area contributed by atoms with E-state index in [-0.39, 0.29) is 17.1 Å². The Morgan fingerprint density at radius 1 is 1.00 bits per heavy atom. The second-order valence-electron chi connectivity index (χ2n) is 6.96. The molecule has 0 heterocycles. The van der Waals surface area contributed by atoms with E-state index in [1.807, 2.05) is 0 Å². The van der Waals surface area contributed by atoms with Crippen LogP contribution in [0.5, 0.6) is 0 Å². The largest absolute Gasteiger partial charge is 0.374 e. The monoisotopic (exact) mass is 291 g/mol. The third-order valence-corrected chi connectivity index (χ3v) is 4.31. The predicted octanol–water partition coefficient (Wildman–Crippen LogP) is 4.84. The van der Waals surface area contributed by atoms with Gasteiger partial charge in [-0.15, -0.1) is 0 Å². The molecule has 21 heavy (non-hydrogen) atoms. The van der Waals surface area contributed by atoms with Crippen LogP contribution in [0.15, 0.2) is 24.3 Å². The number of benzene rings is 1. The van der Waals surface area contributed by atoms with Gasteiger partial charge in [0.15, 0.2) is 0 Å². The second-order valence-corrected chi connectivity index (χ2v) is 6.96. The van der Waals surface area contributed by atoms with Crippen molar-refractivity contribution in [3.63, 3.8) is 0 Å². The van der Waals surface area contributed by atoms with Gasteiger partial charge in [0.2, 0.25) is 0 Å². The van der Waals surface area contributed by atoms with Crippen molar-refractivity contribution < 1.29 is 4.74 Å². The smallest absolute Gasteiger partial charge is 0.0845 e. The first-order valence-corrected chi connectivity index (χ1v) is 8.26. The molecule has 0 aromatic heterocycles. The van der Waals surface area contributed by atoms with E-state index in [0.717, 1.165) is 19.6 Å². The summed E-state index contributed by atoms with van der Waals surface area (Å²) in [6.07, 6.45) is 0.986. The van der Waals surface area contributed by atoms with E-state index in [0.29, 0.717) is 0 Å². The van der Waals surface area contributed by atoms with E-state index in [9.17, 15) is 0 Å². The van der Waals surface area contributed by atoms with Crippen molar-refractivity contribution in [3.8, 4) is 0 Å². The molecule has 2 atom stereocenters. The van der Waals surface area contributed by atoms with Crippen molar-refractivity contribution in [2.75, 3.05) is 13.2 Å². The Kier molecular flexibility index (Phi) is 6.42. The van der Waals surface area contributed by atoms with E-state index >= 15 is 0 Å². The van der Waals surface area contributed by atoms with Crippen LogP contribution in [0.4, 0.5) is 0 Å². The minimum absolute atomic E-state index is 0.173. The molecule has 1 aromatic carbocycles. The molecule has 0 spiro atoms. The number of nitrogens with one attached hydrogen (secondary N) is 1. The van der Waals surface area contributed by atoms with Crippen LogP contribution < -0.4 is 5.32 Å². The molecule has 120 valence electrons. The average Bonchev–Trinajstić information content (AvgIpc) is 2.44. The maximum atomic E-state index is 6.08. The van der Waals surface area contributed by atoms with Gasteiger partial charge in [-0.05, 0) is 43.4 Å². The Morgan fingerprint density at radius 3 is 1.95 bits per heavy atom. The standard InChI is InChI=1S/C19H33NO/c1-8-19(7,21-10-3)17(20-9-2)15-11-13-16(14-12-15)18(4,5)6/h11-14,17,20H,8-10H2,1-7H3. The highest BCUT2D eigenvalue weighted by Gasteiger charge is 2.34. The highest BCUT2D eigenvalue weighted by Crippen LogP contribution is 2.33. The van der Waals surface area contributed by atoms with Crippen molar-refractivity contribution >= 4 is 0 Å². The van der Waals surface area contributed by atoms with Gasteiger partial charge in [0.05, 0.1) is 11.6 Å². The summed E-state index contributed by atoms with van der Waals surface area (Å²) in [5.74, 6) is 0.